The Morgan fingerprint density at radius 3 is 3.00 bits per heavy atom. The number of nitrogens with zero attached hydrogens (tertiary/aromatic N) is 1. The lowest BCUT2D eigenvalue weighted by Crippen LogP contribution is -2.17. The standard InChI is InChI=1S/C16H20N2/c1-2-9-17-11-13-10-14(13)16-8-7-12-5-3-4-6-15(12)18-16/h3-8,13-14,17H,2,9-11H2,1H3. The van der Waals surface area contributed by atoms with Crippen LogP contribution in [0.1, 0.15) is 31.4 Å². The third-order valence-electron chi connectivity index (χ3n) is 3.76. The van der Waals surface area contributed by atoms with Crippen molar-refractivity contribution >= 4 is 10.9 Å². The van der Waals surface area contributed by atoms with Crippen LogP contribution in [-0.2, 0) is 0 Å². The van der Waals surface area contributed by atoms with Crippen molar-refractivity contribution in [3.8, 4) is 0 Å². The summed E-state index contributed by atoms with van der Waals surface area (Å²) < 4.78 is 0. The van der Waals surface area contributed by atoms with Crippen LogP contribution in [0.5, 0.6) is 0 Å². The molecule has 0 bridgehead atoms. The highest BCUT2D eigenvalue weighted by atomic mass is 14.9. The number of benzene rings is 1. The molecular weight excluding hydrogens is 220 g/mol. The van der Waals surface area contributed by atoms with Crippen LogP contribution in [0.15, 0.2) is 36.4 Å². The van der Waals surface area contributed by atoms with Gasteiger partial charge in [0.05, 0.1) is 5.52 Å². The van der Waals surface area contributed by atoms with Crippen molar-refractivity contribution in [2.75, 3.05) is 13.1 Å². The lowest BCUT2D eigenvalue weighted by Gasteiger charge is -2.03. The molecule has 1 aromatic carbocycles. The first-order valence-corrected chi connectivity index (χ1v) is 6.95. The van der Waals surface area contributed by atoms with Crippen molar-refractivity contribution in [2.45, 2.75) is 25.7 Å². The highest BCUT2D eigenvalue weighted by Gasteiger charge is 2.38. The first-order valence-electron chi connectivity index (χ1n) is 6.95. The maximum Gasteiger partial charge on any atom is 0.0705 e. The minimum Gasteiger partial charge on any atom is -0.316 e. The third kappa shape index (κ3) is 2.39. The Kier molecular flexibility index (Phi) is 3.28. The fraction of sp³-hybridized carbons (Fsp3) is 0.438. The molecule has 0 radical (unpaired) electrons. The zero-order chi connectivity index (χ0) is 12.4. The molecule has 3 rings (SSSR count). The van der Waals surface area contributed by atoms with Crippen molar-refractivity contribution in [3.63, 3.8) is 0 Å². The van der Waals surface area contributed by atoms with Crippen LogP contribution in [0.25, 0.3) is 10.9 Å². The molecule has 1 saturated carbocycles. The molecule has 0 aliphatic heterocycles. The fourth-order valence-corrected chi connectivity index (χ4v) is 2.59. The maximum atomic E-state index is 4.79. The zero-order valence-corrected chi connectivity index (χ0v) is 10.9. The van der Waals surface area contributed by atoms with E-state index in [-0.39, 0.29) is 0 Å². The minimum absolute atomic E-state index is 0.680. The molecule has 94 valence electrons. The number of para-hydroxylation sites is 1. The Labute approximate surface area is 108 Å². The van der Waals surface area contributed by atoms with Gasteiger partial charge >= 0.3 is 0 Å². The van der Waals surface area contributed by atoms with Crippen molar-refractivity contribution in [3.05, 3.63) is 42.1 Å². The van der Waals surface area contributed by atoms with Gasteiger partial charge in [0, 0.05) is 17.0 Å². The van der Waals surface area contributed by atoms with E-state index in [9.17, 15) is 0 Å². The molecule has 1 heterocycles. The highest BCUT2D eigenvalue weighted by molar-refractivity contribution is 5.78. The van der Waals surface area contributed by atoms with Crippen molar-refractivity contribution in [1.82, 2.24) is 10.3 Å². The summed E-state index contributed by atoms with van der Waals surface area (Å²) in [7, 11) is 0. The second-order valence-corrected chi connectivity index (χ2v) is 5.24. The fourth-order valence-electron chi connectivity index (χ4n) is 2.59. The maximum absolute atomic E-state index is 4.79. The van der Waals surface area contributed by atoms with Gasteiger partial charge in [-0.3, -0.25) is 4.98 Å². The molecule has 2 nitrogen and oxygen atoms in total. The molecule has 1 N–H and O–H groups in total. The smallest absolute Gasteiger partial charge is 0.0705 e. The van der Waals surface area contributed by atoms with Crippen LogP contribution in [0.3, 0.4) is 0 Å². The van der Waals surface area contributed by atoms with E-state index >= 15 is 0 Å². The summed E-state index contributed by atoms with van der Waals surface area (Å²) in [6, 6.07) is 12.8. The van der Waals surface area contributed by atoms with Crippen LogP contribution >= 0.6 is 0 Å². The average molecular weight is 240 g/mol. The normalized spacial score (nSPS) is 22.3. The Balaban J connectivity index is 1.69. The zero-order valence-electron chi connectivity index (χ0n) is 10.9. The van der Waals surface area contributed by atoms with Gasteiger partial charge in [-0.2, -0.15) is 0 Å². The molecule has 0 saturated heterocycles. The van der Waals surface area contributed by atoms with Gasteiger partial charge in [0.25, 0.3) is 0 Å². The summed E-state index contributed by atoms with van der Waals surface area (Å²) >= 11 is 0. The summed E-state index contributed by atoms with van der Waals surface area (Å²) in [4.78, 5) is 4.79. The van der Waals surface area contributed by atoms with Gasteiger partial charge in [-0.05, 0) is 44.0 Å². The summed E-state index contributed by atoms with van der Waals surface area (Å²) in [5.74, 6) is 1.48. The highest BCUT2D eigenvalue weighted by Crippen LogP contribution is 2.46. The predicted molar refractivity (Wildman–Crippen MR) is 75.8 cm³/mol. The molecule has 1 aromatic heterocycles. The molecular formula is C16H20N2. The molecule has 1 aliphatic carbocycles. The first kappa shape index (κ1) is 11.7. The van der Waals surface area contributed by atoms with E-state index in [4.69, 9.17) is 4.98 Å². The van der Waals surface area contributed by atoms with E-state index in [2.05, 4.69) is 48.6 Å². The molecule has 2 heteroatoms. The number of nitrogens with one attached hydrogen (secondary N) is 1. The largest absolute Gasteiger partial charge is 0.316 e. The summed E-state index contributed by atoms with van der Waals surface area (Å²) in [6.07, 6.45) is 2.51. The van der Waals surface area contributed by atoms with E-state index < -0.39 is 0 Å². The first-order chi connectivity index (χ1) is 8.88. The molecule has 2 aromatic rings. The third-order valence-corrected chi connectivity index (χ3v) is 3.76. The van der Waals surface area contributed by atoms with Gasteiger partial charge in [-0.1, -0.05) is 31.2 Å². The Morgan fingerprint density at radius 1 is 1.22 bits per heavy atom. The monoisotopic (exact) mass is 240 g/mol. The Bertz CT molecular complexity index is 535. The molecule has 2 unspecified atom stereocenters. The van der Waals surface area contributed by atoms with Crippen molar-refractivity contribution in [1.29, 1.82) is 0 Å². The number of fused-ring (bicyclic) bond motifs is 1. The van der Waals surface area contributed by atoms with Gasteiger partial charge < -0.3 is 5.32 Å². The van der Waals surface area contributed by atoms with E-state index in [0.717, 1.165) is 24.5 Å². The number of hydrogen-bond acceptors (Lipinski definition) is 2. The molecule has 18 heavy (non-hydrogen) atoms. The van der Waals surface area contributed by atoms with Crippen LogP contribution in [-0.4, -0.2) is 18.1 Å². The van der Waals surface area contributed by atoms with Crippen LogP contribution in [0, 0.1) is 5.92 Å². The number of rotatable bonds is 5. The second kappa shape index (κ2) is 5.07. The second-order valence-electron chi connectivity index (χ2n) is 5.24. The number of pyridine rings is 1. The van der Waals surface area contributed by atoms with E-state index in [1.54, 1.807) is 0 Å². The van der Waals surface area contributed by atoms with Crippen LogP contribution in [0.2, 0.25) is 0 Å². The van der Waals surface area contributed by atoms with E-state index in [1.165, 1.54) is 23.9 Å². The van der Waals surface area contributed by atoms with Gasteiger partial charge in [-0.25, -0.2) is 0 Å². The summed E-state index contributed by atoms with van der Waals surface area (Å²) in [5, 5.41) is 4.74. The van der Waals surface area contributed by atoms with Gasteiger partial charge in [0.15, 0.2) is 0 Å². The Hall–Kier alpha value is -1.41. The van der Waals surface area contributed by atoms with Crippen molar-refractivity contribution < 1.29 is 0 Å². The predicted octanol–water partition coefficient (Wildman–Crippen LogP) is 3.34. The average Bonchev–Trinajstić information content (AvgIpc) is 3.18. The quantitative estimate of drug-likeness (QED) is 0.811. The number of hydrogen-bond donors (Lipinski definition) is 1. The van der Waals surface area contributed by atoms with Gasteiger partial charge in [0.2, 0.25) is 0 Å². The minimum atomic E-state index is 0.680. The summed E-state index contributed by atoms with van der Waals surface area (Å²) in [5.41, 5.74) is 2.40. The number of aromatic nitrogens is 1. The van der Waals surface area contributed by atoms with E-state index in [1.807, 2.05) is 0 Å². The summed E-state index contributed by atoms with van der Waals surface area (Å²) in [6.45, 7) is 4.49. The van der Waals surface area contributed by atoms with Crippen molar-refractivity contribution in [2.24, 2.45) is 5.92 Å². The van der Waals surface area contributed by atoms with Crippen LogP contribution in [0.4, 0.5) is 0 Å². The molecule has 1 aliphatic rings. The molecule has 2 atom stereocenters. The van der Waals surface area contributed by atoms with Crippen LogP contribution < -0.4 is 5.32 Å². The van der Waals surface area contributed by atoms with E-state index in [0.29, 0.717) is 5.92 Å². The lowest BCUT2D eigenvalue weighted by molar-refractivity contribution is 0.618. The molecule has 0 spiro atoms. The lowest BCUT2D eigenvalue weighted by atomic mass is 10.1. The van der Waals surface area contributed by atoms with Gasteiger partial charge in [-0.15, -0.1) is 0 Å². The Morgan fingerprint density at radius 2 is 2.11 bits per heavy atom. The molecule has 0 amide bonds. The SMILES string of the molecule is CCCNCC1CC1c1ccc2ccccc2n1. The van der Waals surface area contributed by atoms with Gasteiger partial charge in [0.1, 0.15) is 0 Å². The topological polar surface area (TPSA) is 24.9 Å². The molecule has 1 fully saturated rings.